The number of carbonyl (C=O) groups excluding carboxylic acids is 1. The minimum atomic E-state index is -3.71. The summed E-state index contributed by atoms with van der Waals surface area (Å²) in [4.78, 5) is 15.5. The molecule has 1 aromatic heterocycles. The molecule has 2 aromatic carbocycles. The maximum atomic E-state index is 12.4. The Labute approximate surface area is 147 Å². The zero-order chi connectivity index (χ0) is 17.3. The Morgan fingerprint density at radius 3 is 2.54 bits per heavy atom. The Balaban J connectivity index is 1.89. The number of aromatic nitrogens is 1. The van der Waals surface area contributed by atoms with E-state index in [1.807, 2.05) is 0 Å². The molecule has 124 valence electrons. The van der Waals surface area contributed by atoms with Crippen molar-refractivity contribution in [3.8, 4) is 0 Å². The van der Waals surface area contributed by atoms with Crippen molar-refractivity contribution in [2.75, 3.05) is 10.0 Å². The van der Waals surface area contributed by atoms with Crippen LogP contribution in [0.1, 0.15) is 6.92 Å². The van der Waals surface area contributed by atoms with E-state index in [-0.39, 0.29) is 10.8 Å². The summed E-state index contributed by atoms with van der Waals surface area (Å²) in [7, 11) is -3.71. The molecule has 0 radical (unpaired) electrons. The van der Waals surface area contributed by atoms with Gasteiger partial charge < -0.3 is 5.32 Å². The van der Waals surface area contributed by atoms with Gasteiger partial charge in [-0.05, 0) is 42.5 Å². The Hall–Kier alpha value is -2.16. The number of halogens is 1. The molecule has 9 heteroatoms. The van der Waals surface area contributed by atoms with E-state index < -0.39 is 10.0 Å². The lowest BCUT2D eigenvalue weighted by Crippen LogP contribution is -2.12. The van der Waals surface area contributed by atoms with Gasteiger partial charge in [-0.1, -0.05) is 22.9 Å². The van der Waals surface area contributed by atoms with E-state index in [4.69, 9.17) is 11.6 Å². The first kappa shape index (κ1) is 16.7. The summed E-state index contributed by atoms with van der Waals surface area (Å²) in [6.45, 7) is 1.40. The van der Waals surface area contributed by atoms with Gasteiger partial charge in [0.15, 0.2) is 5.13 Å². The SMILES string of the molecule is CC(=O)Nc1nc2cc(NS(=O)(=O)c3ccc(Cl)cc3)ccc2s1. The van der Waals surface area contributed by atoms with Crippen LogP contribution in [0.4, 0.5) is 10.8 Å². The molecule has 6 nitrogen and oxygen atoms in total. The van der Waals surface area contributed by atoms with E-state index in [1.165, 1.54) is 42.5 Å². The summed E-state index contributed by atoms with van der Waals surface area (Å²) in [6.07, 6.45) is 0. The third kappa shape index (κ3) is 3.66. The van der Waals surface area contributed by atoms with Gasteiger partial charge in [0.25, 0.3) is 10.0 Å². The maximum absolute atomic E-state index is 12.4. The summed E-state index contributed by atoms with van der Waals surface area (Å²) in [6, 6.07) is 10.9. The Bertz CT molecular complexity index is 1010. The lowest BCUT2D eigenvalue weighted by molar-refractivity contribution is -0.114. The summed E-state index contributed by atoms with van der Waals surface area (Å²) in [5.74, 6) is -0.210. The first-order valence-electron chi connectivity index (χ1n) is 6.80. The number of hydrogen-bond acceptors (Lipinski definition) is 5. The van der Waals surface area contributed by atoms with Crippen LogP contribution in [0, 0.1) is 0 Å². The second-order valence-corrected chi connectivity index (χ2v) is 8.09. The number of nitrogens with zero attached hydrogens (tertiary/aromatic N) is 1. The number of fused-ring (bicyclic) bond motifs is 1. The average Bonchev–Trinajstić information content (AvgIpc) is 2.87. The van der Waals surface area contributed by atoms with Crippen molar-refractivity contribution in [1.29, 1.82) is 0 Å². The number of sulfonamides is 1. The van der Waals surface area contributed by atoms with Crippen molar-refractivity contribution in [2.45, 2.75) is 11.8 Å². The molecule has 24 heavy (non-hydrogen) atoms. The Kier molecular flexibility index (Phi) is 4.44. The summed E-state index contributed by atoms with van der Waals surface area (Å²) >= 11 is 7.09. The van der Waals surface area contributed by atoms with E-state index in [0.717, 1.165) is 4.70 Å². The second kappa shape index (κ2) is 6.39. The van der Waals surface area contributed by atoms with Crippen molar-refractivity contribution < 1.29 is 13.2 Å². The molecular formula is C15H12ClN3O3S2. The van der Waals surface area contributed by atoms with Crippen molar-refractivity contribution in [1.82, 2.24) is 4.98 Å². The van der Waals surface area contributed by atoms with Crippen molar-refractivity contribution in [3.63, 3.8) is 0 Å². The standard InChI is InChI=1S/C15H12ClN3O3S2/c1-9(20)17-15-18-13-8-11(4-7-14(13)23-15)19-24(21,22)12-5-2-10(16)3-6-12/h2-8,19H,1H3,(H,17,18,20). The fraction of sp³-hybridized carbons (Fsp3) is 0.0667. The number of hydrogen-bond donors (Lipinski definition) is 2. The smallest absolute Gasteiger partial charge is 0.261 e. The Morgan fingerprint density at radius 1 is 1.17 bits per heavy atom. The van der Waals surface area contributed by atoms with Crippen molar-refractivity contribution in [2.24, 2.45) is 0 Å². The van der Waals surface area contributed by atoms with Gasteiger partial charge in [-0.2, -0.15) is 0 Å². The molecule has 1 heterocycles. The highest BCUT2D eigenvalue weighted by Gasteiger charge is 2.15. The number of anilines is 2. The van der Waals surface area contributed by atoms with Crippen LogP contribution in [0.3, 0.4) is 0 Å². The van der Waals surface area contributed by atoms with E-state index in [0.29, 0.717) is 21.4 Å². The molecule has 0 saturated carbocycles. The van der Waals surface area contributed by atoms with Crippen LogP contribution in [0.5, 0.6) is 0 Å². The van der Waals surface area contributed by atoms with Crippen molar-refractivity contribution >= 4 is 59.9 Å². The lowest BCUT2D eigenvalue weighted by atomic mass is 10.3. The zero-order valence-electron chi connectivity index (χ0n) is 12.4. The highest BCUT2D eigenvalue weighted by molar-refractivity contribution is 7.92. The Morgan fingerprint density at radius 2 is 1.88 bits per heavy atom. The molecule has 1 amide bonds. The molecule has 3 rings (SSSR count). The van der Waals surface area contributed by atoms with Crippen LogP contribution in [0.25, 0.3) is 10.2 Å². The van der Waals surface area contributed by atoms with Gasteiger partial charge in [0.1, 0.15) is 0 Å². The topological polar surface area (TPSA) is 88.2 Å². The number of rotatable bonds is 4. The van der Waals surface area contributed by atoms with Crippen LogP contribution in [0.2, 0.25) is 5.02 Å². The number of nitrogens with one attached hydrogen (secondary N) is 2. The monoisotopic (exact) mass is 381 g/mol. The quantitative estimate of drug-likeness (QED) is 0.721. The predicted molar refractivity (Wildman–Crippen MR) is 96.2 cm³/mol. The fourth-order valence-electron chi connectivity index (χ4n) is 2.02. The van der Waals surface area contributed by atoms with Crippen LogP contribution in [-0.4, -0.2) is 19.3 Å². The second-order valence-electron chi connectivity index (χ2n) is 4.94. The minimum absolute atomic E-state index is 0.115. The van der Waals surface area contributed by atoms with Gasteiger partial charge in [0.05, 0.1) is 20.8 Å². The average molecular weight is 382 g/mol. The maximum Gasteiger partial charge on any atom is 0.261 e. The van der Waals surface area contributed by atoms with Gasteiger partial charge in [0.2, 0.25) is 5.91 Å². The van der Waals surface area contributed by atoms with Gasteiger partial charge in [0, 0.05) is 11.9 Å². The third-order valence-corrected chi connectivity index (χ3v) is 5.65. The highest BCUT2D eigenvalue weighted by atomic mass is 35.5. The van der Waals surface area contributed by atoms with Crippen LogP contribution >= 0.6 is 22.9 Å². The minimum Gasteiger partial charge on any atom is -0.302 e. The predicted octanol–water partition coefficient (Wildman–Crippen LogP) is 3.71. The number of benzene rings is 2. The van der Waals surface area contributed by atoms with Crippen LogP contribution in [-0.2, 0) is 14.8 Å². The lowest BCUT2D eigenvalue weighted by Gasteiger charge is -2.08. The molecule has 3 aromatic rings. The molecule has 0 saturated heterocycles. The summed E-state index contributed by atoms with van der Waals surface area (Å²) < 4.78 is 28.1. The zero-order valence-corrected chi connectivity index (χ0v) is 14.8. The van der Waals surface area contributed by atoms with Gasteiger partial charge in [-0.15, -0.1) is 0 Å². The van der Waals surface area contributed by atoms with Crippen molar-refractivity contribution in [3.05, 3.63) is 47.5 Å². The molecule has 0 bridgehead atoms. The van der Waals surface area contributed by atoms with Gasteiger partial charge in [-0.25, -0.2) is 13.4 Å². The molecular weight excluding hydrogens is 370 g/mol. The molecule has 0 aliphatic rings. The third-order valence-electron chi connectivity index (χ3n) is 3.05. The van der Waals surface area contributed by atoms with E-state index >= 15 is 0 Å². The van der Waals surface area contributed by atoms with E-state index in [2.05, 4.69) is 15.0 Å². The fourth-order valence-corrected chi connectivity index (χ4v) is 4.09. The van der Waals surface area contributed by atoms with Gasteiger partial charge >= 0.3 is 0 Å². The molecule has 0 atom stereocenters. The van der Waals surface area contributed by atoms with E-state index in [1.54, 1.807) is 18.2 Å². The highest BCUT2D eigenvalue weighted by Crippen LogP contribution is 2.29. The number of carbonyl (C=O) groups is 1. The summed E-state index contributed by atoms with van der Waals surface area (Å²) in [5, 5.41) is 3.54. The molecule has 0 aliphatic carbocycles. The van der Waals surface area contributed by atoms with Gasteiger partial charge in [-0.3, -0.25) is 9.52 Å². The first-order chi connectivity index (χ1) is 11.3. The number of thiazole rings is 1. The molecule has 0 aliphatic heterocycles. The molecule has 2 N–H and O–H groups in total. The molecule has 0 spiro atoms. The molecule has 0 unspecified atom stereocenters. The first-order valence-corrected chi connectivity index (χ1v) is 9.48. The van der Waals surface area contributed by atoms with Crippen LogP contribution in [0.15, 0.2) is 47.4 Å². The van der Waals surface area contributed by atoms with Crippen LogP contribution < -0.4 is 10.0 Å². The largest absolute Gasteiger partial charge is 0.302 e. The van der Waals surface area contributed by atoms with E-state index in [9.17, 15) is 13.2 Å². The number of amides is 1. The normalized spacial score (nSPS) is 11.4. The molecule has 0 fully saturated rings. The summed E-state index contributed by atoms with van der Waals surface area (Å²) in [5.41, 5.74) is 0.984.